The SMILES string of the molecule is O=C1c2cccnc2S(=O)(=O)N1Cc1cnc(Cl)cn1. The molecule has 0 aliphatic carbocycles. The Morgan fingerprint density at radius 2 is 2.00 bits per heavy atom. The molecule has 0 N–H and O–H groups in total. The molecule has 0 atom stereocenters. The van der Waals surface area contributed by atoms with Crippen molar-refractivity contribution in [2.24, 2.45) is 0 Å². The minimum absolute atomic E-state index is 0.0643. The van der Waals surface area contributed by atoms with Crippen LogP contribution in [0.1, 0.15) is 16.1 Å². The second kappa shape index (κ2) is 4.50. The van der Waals surface area contributed by atoms with Crippen LogP contribution in [-0.4, -0.2) is 33.6 Å². The first-order valence-electron chi connectivity index (χ1n) is 5.48. The average molecular weight is 311 g/mol. The van der Waals surface area contributed by atoms with Crippen LogP contribution in [0, 0.1) is 0 Å². The quantitative estimate of drug-likeness (QED) is 0.817. The predicted octanol–water partition coefficient (Wildman–Crippen LogP) is 0.870. The van der Waals surface area contributed by atoms with Crippen LogP contribution in [0.25, 0.3) is 0 Å². The fraction of sp³-hybridized carbons (Fsp3) is 0.0909. The molecule has 3 heterocycles. The molecule has 20 heavy (non-hydrogen) atoms. The van der Waals surface area contributed by atoms with Crippen molar-refractivity contribution in [1.82, 2.24) is 19.3 Å². The third kappa shape index (κ3) is 1.93. The number of carbonyl (C=O) groups excluding carboxylic acids is 1. The van der Waals surface area contributed by atoms with E-state index >= 15 is 0 Å². The minimum atomic E-state index is -3.93. The summed E-state index contributed by atoms with van der Waals surface area (Å²) in [5.74, 6) is -0.621. The summed E-state index contributed by atoms with van der Waals surface area (Å²) in [7, 11) is -3.93. The molecule has 102 valence electrons. The molecule has 0 unspecified atom stereocenters. The van der Waals surface area contributed by atoms with Crippen LogP contribution in [0.15, 0.2) is 35.7 Å². The van der Waals surface area contributed by atoms with Crippen LogP contribution in [0.4, 0.5) is 0 Å². The Morgan fingerprint density at radius 1 is 1.20 bits per heavy atom. The topological polar surface area (TPSA) is 93.1 Å². The lowest BCUT2D eigenvalue weighted by atomic mass is 10.2. The van der Waals surface area contributed by atoms with Gasteiger partial charge in [-0.2, -0.15) is 8.42 Å². The lowest BCUT2D eigenvalue weighted by Gasteiger charge is -2.13. The van der Waals surface area contributed by atoms with Gasteiger partial charge >= 0.3 is 0 Å². The Balaban J connectivity index is 2.00. The van der Waals surface area contributed by atoms with Crippen molar-refractivity contribution < 1.29 is 13.2 Å². The molecule has 1 aliphatic heterocycles. The van der Waals surface area contributed by atoms with E-state index in [2.05, 4.69) is 15.0 Å². The van der Waals surface area contributed by atoms with Crippen molar-refractivity contribution in [1.29, 1.82) is 0 Å². The lowest BCUT2D eigenvalue weighted by Crippen LogP contribution is -2.30. The smallest absolute Gasteiger partial charge is 0.268 e. The maximum Gasteiger partial charge on any atom is 0.285 e. The number of hydrogen-bond acceptors (Lipinski definition) is 6. The molecule has 0 spiro atoms. The second-order valence-corrected chi connectivity index (χ2v) is 6.17. The number of carbonyl (C=O) groups is 1. The van der Waals surface area contributed by atoms with Gasteiger partial charge in [0.2, 0.25) is 0 Å². The van der Waals surface area contributed by atoms with Crippen LogP contribution in [0.5, 0.6) is 0 Å². The average Bonchev–Trinajstić information content (AvgIpc) is 2.63. The standard InChI is InChI=1S/C11H7ClN4O3S/c12-9-5-14-7(4-15-9)6-16-11(17)8-2-1-3-13-10(8)20(16,18)19/h1-5H,6H2. The van der Waals surface area contributed by atoms with Gasteiger partial charge in [0.05, 0.1) is 30.2 Å². The number of amides is 1. The van der Waals surface area contributed by atoms with E-state index in [9.17, 15) is 13.2 Å². The number of rotatable bonds is 2. The maximum atomic E-state index is 12.2. The van der Waals surface area contributed by atoms with E-state index in [1.807, 2.05) is 0 Å². The Hall–Kier alpha value is -2.06. The first-order valence-corrected chi connectivity index (χ1v) is 7.30. The van der Waals surface area contributed by atoms with Gasteiger partial charge in [-0.05, 0) is 12.1 Å². The van der Waals surface area contributed by atoms with Gasteiger partial charge in [-0.3, -0.25) is 9.78 Å². The zero-order valence-corrected chi connectivity index (χ0v) is 11.5. The van der Waals surface area contributed by atoms with Crippen molar-refractivity contribution in [3.8, 4) is 0 Å². The van der Waals surface area contributed by atoms with E-state index in [1.54, 1.807) is 0 Å². The number of sulfonamides is 1. The van der Waals surface area contributed by atoms with Gasteiger partial charge in [0.25, 0.3) is 15.9 Å². The van der Waals surface area contributed by atoms with E-state index in [-0.39, 0.29) is 22.3 Å². The molecule has 2 aromatic heterocycles. The molecular weight excluding hydrogens is 304 g/mol. The summed E-state index contributed by atoms with van der Waals surface area (Å²) in [5.41, 5.74) is 0.383. The predicted molar refractivity (Wildman–Crippen MR) is 68.3 cm³/mol. The highest BCUT2D eigenvalue weighted by molar-refractivity contribution is 7.90. The molecule has 7 nitrogen and oxygen atoms in total. The number of nitrogens with zero attached hydrogens (tertiary/aromatic N) is 4. The number of fused-ring (bicyclic) bond motifs is 1. The summed E-state index contributed by atoms with van der Waals surface area (Å²) in [4.78, 5) is 23.6. The van der Waals surface area contributed by atoms with E-state index in [1.165, 1.54) is 30.7 Å². The van der Waals surface area contributed by atoms with Crippen LogP contribution in [0.3, 0.4) is 0 Å². The van der Waals surface area contributed by atoms with Crippen molar-refractivity contribution in [2.75, 3.05) is 0 Å². The van der Waals surface area contributed by atoms with Crippen molar-refractivity contribution in [3.05, 3.63) is 47.1 Å². The Morgan fingerprint density at radius 3 is 2.65 bits per heavy atom. The first kappa shape index (κ1) is 12.9. The number of pyridine rings is 1. The third-order valence-corrected chi connectivity index (χ3v) is 4.63. The summed E-state index contributed by atoms with van der Waals surface area (Å²) >= 11 is 5.60. The highest BCUT2D eigenvalue weighted by Gasteiger charge is 2.42. The van der Waals surface area contributed by atoms with E-state index in [0.29, 0.717) is 5.69 Å². The highest BCUT2D eigenvalue weighted by Crippen LogP contribution is 2.29. The number of hydrogen-bond donors (Lipinski definition) is 0. The highest BCUT2D eigenvalue weighted by atomic mass is 35.5. The van der Waals surface area contributed by atoms with Gasteiger partial charge in [0, 0.05) is 6.20 Å². The van der Waals surface area contributed by atoms with E-state index < -0.39 is 15.9 Å². The zero-order chi connectivity index (χ0) is 14.3. The molecule has 0 aromatic carbocycles. The Bertz CT molecular complexity index is 792. The molecule has 0 saturated heterocycles. The Labute approximate surface area is 119 Å². The van der Waals surface area contributed by atoms with Crippen molar-refractivity contribution >= 4 is 27.5 Å². The molecule has 1 aliphatic rings. The number of halogens is 1. The molecule has 2 aromatic rings. The van der Waals surface area contributed by atoms with Gasteiger partial charge in [0.15, 0.2) is 5.03 Å². The summed E-state index contributed by atoms with van der Waals surface area (Å²) < 4.78 is 25.2. The van der Waals surface area contributed by atoms with Crippen LogP contribution in [0.2, 0.25) is 5.15 Å². The van der Waals surface area contributed by atoms with Crippen molar-refractivity contribution in [3.63, 3.8) is 0 Å². The van der Waals surface area contributed by atoms with Crippen LogP contribution >= 0.6 is 11.6 Å². The number of aromatic nitrogens is 3. The second-order valence-electron chi connectivity index (χ2n) is 4.00. The first-order chi connectivity index (χ1) is 9.50. The Kier molecular flexibility index (Phi) is 2.91. The molecule has 0 fully saturated rings. The van der Waals surface area contributed by atoms with Gasteiger partial charge in [-0.25, -0.2) is 14.3 Å². The normalized spacial score (nSPS) is 16.2. The van der Waals surface area contributed by atoms with Crippen molar-refractivity contribution in [2.45, 2.75) is 11.6 Å². The maximum absolute atomic E-state index is 12.2. The van der Waals surface area contributed by atoms with Gasteiger partial charge in [-0.1, -0.05) is 11.6 Å². The minimum Gasteiger partial charge on any atom is -0.268 e. The summed E-state index contributed by atoms with van der Waals surface area (Å²) in [6.45, 7) is -0.207. The van der Waals surface area contributed by atoms with E-state index in [0.717, 1.165) is 4.31 Å². The molecule has 0 bridgehead atoms. The lowest BCUT2D eigenvalue weighted by molar-refractivity contribution is 0.0863. The van der Waals surface area contributed by atoms with Gasteiger partial charge in [0.1, 0.15) is 5.15 Å². The third-order valence-electron chi connectivity index (χ3n) is 2.74. The summed E-state index contributed by atoms with van der Waals surface area (Å²) in [6.07, 6.45) is 3.94. The fourth-order valence-electron chi connectivity index (χ4n) is 1.83. The van der Waals surface area contributed by atoms with Gasteiger partial charge in [-0.15, -0.1) is 0 Å². The molecule has 9 heteroatoms. The monoisotopic (exact) mass is 310 g/mol. The van der Waals surface area contributed by atoms with Crippen LogP contribution < -0.4 is 0 Å². The largest absolute Gasteiger partial charge is 0.285 e. The van der Waals surface area contributed by atoms with Crippen LogP contribution in [-0.2, 0) is 16.6 Å². The summed E-state index contributed by atoms with van der Waals surface area (Å²) in [5, 5.41) is -0.0405. The fourth-order valence-corrected chi connectivity index (χ4v) is 3.38. The molecule has 1 amide bonds. The molecule has 3 rings (SSSR count). The molecule has 0 radical (unpaired) electrons. The van der Waals surface area contributed by atoms with Gasteiger partial charge < -0.3 is 0 Å². The molecular formula is C11H7ClN4O3S. The zero-order valence-electron chi connectivity index (χ0n) is 9.89. The summed E-state index contributed by atoms with van der Waals surface area (Å²) in [6, 6.07) is 2.94. The molecule has 0 saturated carbocycles. The van der Waals surface area contributed by atoms with E-state index in [4.69, 9.17) is 11.6 Å².